The third-order valence-electron chi connectivity index (χ3n) is 19.8. The van der Waals surface area contributed by atoms with Gasteiger partial charge in [-0.05, 0) is 127 Å². The third kappa shape index (κ3) is 247. The number of carbonyl (C=O) groups excluding carboxylic acids is 12. The van der Waals surface area contributed by atoms with Gasteiger partial charge in [-0.1, -0.05) is 419 Å². The van der Waals surface area contributed by atoms with Gasteiger partial charge in [0.25, 0.3) is 0 Å². The molecule has 128 heavy (non-hydrogen) atoms. The zero-order valence-electron chi connectivity index (χ0n) is 91.7. The normalized spacial score (nSPS) is 9.66. The van der Waals surface area contributed by atoms with Gasteiger partial charge in [0.2, 0.25) is 0 Å². The highest BCUT2D eigenvalue weighted by molar-refractivity contribution is 5.81. The van der Waals surface area contributed by atoms with Gasteiger partial charge in [-0.3, -0.25) is 14.4 Å². The van der Waals surface area contributed by atoms with Gasteiger partial charge < -0.3 is 57.4 Å². The average Bonchev–Trinajstić information content (AvgIpc) is 1.05. The molecule has 0 aromatic rings. The minimum atomic E-state index is 0.155. The molecule has 0 aliphatic rings. The number of hydrogen-bond acceptors (Lipinski definition) is 15. The largest absolute Gasteiger partial charge is 0.377 e. The van der Waals surface area contributed by atoms with Crippen molar-refractivity contribution in [3.8, 4) is 0 Å². The Kier molecular flexibility index (Phi) is 190. The maximum absolute atomic E-state index is 10.7. The first-order valence-electron chi connectivity index (χ1n) is 53.7. The molecule has 0 saturated heterocycles. The van der Waals surface area contributed by atoms with Crippen molar-refractivity contribution in [3.63, 3.8) is 0 Å². The Morgan fingerprint density at radius 1 is 0.133 bits per heavy atom. The molecular formula is C113H230O15. The molecule has 0 amide bonds. The SMILES string of the molecule is CCC(=O)COC.CCC(C)=O.CCCC(=O)COC.CCCC(C)=O.CCCCC(=O)COC.CCCCC(C)=O.CCCCCC(C)=O.CCCCCCC(C)=O.CCCCCCCC(C)=O.CCCCCCCCC(C)=O.CCCCCCCCCC(C)=O.CCCCCCCCCCC.CCCCCCCCCCC(C)=O.CCCCCCCCCCCC. The maximum atomic E-state index is 10.7. The van der Waals surface area contributed by atoms with Crippen molar-refractivity contribution in [1.82, 2.24) is 0 Å². The number of methoxy groups -OCH3 is 3. The highest BCUT2D eigenvalue weighted by Crippen LogP contribution is 2.14. The highest BCUT2D eigenvalue weighted by Gasteiger charge is 2.02. The number of ether oxygens (including phenoxy) is 3. The van der Waals surface area contributed by atoms with E-state index < -0.39 is 0 Å². The number of carbonyl (C=O) groups is 12. The second-order valence-electron chi connectivity index (χ2n) is 35.0. The van der Waals surface area contributed by atoms with Crippen LogP contribution in [0.4, 0.5) is 0 Å². The van der Waals surface area contributed by atoms with Gasteiger partial charge in [0.1, 0.15) is 71.9 Å². The second kappa shape index (κ2) is 157. The lowest BCUT2D eigenvalue weighted by molar-refractivity contribution is -0.123. The van der Waals surface area contributed by atoms with Crippen LogP contribution in [0.5, 0.6) is 0 Å². The standard InChI is InChI=1S/C12H24O.C12H26.C11H22O.C11H24.C10H20O.C9H18O.C8H16O.C7H14O2.C7H14O.C6H12O2.C6H12O.C5H10O2.C5H10O.C4H8O/c1-3-4-5-6-7-8-9-10-11-12(2)13;1-3-5-7-9-11-12-10-8-6-4-2;1-3-4-5-6-7-8-9-10-11(2)12;1-3-5-7-9-11-10-8-6-4-2;1-3-4-5-6-7-8-9-10(2)11;1-3-4-5-6-7-8-9(2)10;1-3-4-5-6-7-8(2)9;1-3-4-5-7(8)6-9-2;1-3-4-5-6-7(2)8;1-3-4-6(7)5-8-2;1-3-4-5-6(2)7;1-3-5(6)4-7-2;1-3-4-5(2)6;1-3-4(2)5/h3-11H2,1-2H3;3-12H2,1-2H3;3-10H2,1-2H3;3-11H2,1-2H3;3-9H2,1-2H3;3-8H2,1-2H3;3-7H2,1-2H3;3-6H2,1-2H3;3-6H2,1-2H3;3-5H2,1-2H3;3-5H2,1-2H3;3-4H2,1-2H3;3-4H2,1-2H3;3H2,1-2H3. The molecule has 0 aliphatic heterocycles. The van der Waals surface area contributed by atoms with E-state index in [0.29, 0.717) is 66.2 Å². The van der Waals surface area contributed by atoms with Crippen molar-refractivity contribution in [2.75, 3.05) is 41.2 Å². The van der Waals surface area contributed by atoms with Gasteiger partial charge in [-0.2, -0.15) is 0 Å². The van der Waals surface area contributed by atoms with Crippen molar-refractivity contribution in [2.45, 2.75) is 623 Å². The molecule has 0 aliphatic carbocycles. The molecule has 0 spiro atoms. The van der Waals surface area contributed by atoms with Gasteiger partial charge in [-0.25, -0.2) is 0 Å². The van der Waals surface area contributed by atoms with Gasteiger partial charge in [0.05, 0.1) is 0 Å². The molecule has 0 rings (SSSR count). The van der Waals surface area contributed by atoms with Crippen LogP contribution in [0.15, 0.2) is 0 Å². The van der Waals surface area contributed by atoms with Crippen LogP contribution < -0.4 is 0 Å². The van der Waals surface area contributed by atoms with Crippen LogP contribution in [0, 0.1) is 0 Å². The number of Topliss-reactive ketones (excluding diaryl/α,β-unsaturated/α-hetero) is 12. The van der Waals surface area contributed by atoms with E-state index in [2.05, 4.69) is 97.3 Å². The van der Waals surface area contributed by atoms with Crippen LogP contribution in [0.3, 0.4) is 0 Å². The van der Waals surface area contributed by atoms with E-state index in [-0.39, 0.29) is 48.7 Å². The monoisotopic (exact) mass is 1830 g/mol. The molecule has 0 aromatic carbocycles. The zero-order chi connectivity index (χ0) is 101. The fourth-order valence-corrected chi connectivity index (χ4v) is 11.5. The molecule has 0 radical (unpaired) electrons. The summed E-state index contributed by atoms with van der Waals surface area (Å²) in [5.41, 5.74) is 0. The van der Waals surface area contributed by atoms with E-state index in [1.807, 2.05) is 27.7 Å². The topological polar surface area (TPSA) is 233 Å². The van der Waals surface area contributed by atoms with E-state index in [0.717, 1.165) is 128 Å². The molecule has 15 heteroatoms. The summed E-state index contributed by atoms with van der Waals surface area (Å²) in [6, 6.07) is 0. The Balaban J connectivity index is -0.0000000917. The van der Waals surface area contributed by atoms with Crippen molar-refractivity contribution in [2.24, 2.45) is 0 Å². The predicted octanol–water partition coefficient (Wildman–Crippen LogP) is 35.4. The summed E-state index contributed by atoms with van der Waals surface area (Å²) in [5, 5.41) is 0. The summed E-state index contributed by atoms with van der Waals surface area (Å²) >= 11 is 0. The van der Waals surface area contributed by atoms with E-state index in [4.69, 9.17) is 0 Å². The highest BCUT2D eigenvalue weighted by atomic mass is 16.5. The van der Waals surface area contributed by atoms with E-state index in [1.54, 1.807) is 69.4 Å². The summed E-state index contributed by atoms with van der Waals surface area (Å²) < 4.78 is 13.8. The molecule has 0 heterocycles. The molecule has 0 saturated carbocycles. The molecule has 0 fully saturated rings. The predicted molar refractivity (Wildman–Crippen MR) is 561 cm³/mol. The Hall–Kier alpha value is -4.08. The lowest BCUT2D eigenvalue weighted by Gasteiger charge is -1.99. The summed E-state index contributed by atoms with van der Waals surface area (Å²) in [6.45, 7) is 49.8. The Labute approximate surface area is 800 Å². The maximum Gasteiger partial charge on any atom is 0.158 e. The van der Waals surface area contributed by atoms with Crippen LogP contribution in [0.1, 0.15) is 623 Å². The molecular weight excluding hydrogens is 1600 g/mol. The first kappa shape index (κ1) is 155. The van der Waals surface area contributed by atoms with Crippen LogP contribution in [0.25, 0.3) is 0 Å². The Morgan fingerprint density at radius 3 is 0.398 bits per heavy atom. The number of rotatable bonds is 74. The molecule has 0 bridgehead atoms. The number of unbranched alkanes of at least 4 members (excludes halogenated alkanes) is 46. The molecule has 772 valence electrons. The molecule has 0 unspecified atom stereocenters. The van der Waals surface area contributed by atoms with Gasteiger partial charge in [0, 0.05) is 98.4 Å². The summed E-state index contributed by atoms with van der Waals surface area (Å²) in [6.07, 6.45) is 84.0. The first-order valence-corrected chi connectivity index (χ1v) is 53.7. The van der Waals surface area contributed by atoms with Crippen molar-refractivity contribution in [1.29, 1.82) is 0 Å². The summed E-state index contributed by atoms with van der Waals surface area (Å²) in [7, 11) is 4.60. The second-order valence-corrected chi connectivity index (χ2v) is 35.0. The molecule has 15 nitrogen and oxygen atoms in total. The van der Waals surface area contributed by atoms with Crippen LogP contribution in [0.2, 0.25) is 0 Å². The van der Waals surface area contributed by atoms with Crippen LogP contribution in [-0.2, 0) is 71.7 Å². The fraction of sp³-hybridized carbons (Fsp3) is 0.894. The summed E-state index contributed by atoms with van der Waals surface area (Å²) in [5.74, 6) is 3.39. The number of hydrogen-bond donors (Lipinski definition) is 0. The van der Waals surface area contributed by atoms with Crippen LogP contribution in [-0.4, -0.2) is 111 Å². The lowest BCUT2D eigenvalue weighted by Crippen LogP contribution is -2.05. The smallest absolute Gasteiger partial charge is 0.158 e. The molecule has 0 N–H and O–H groups in total. The fourth-order valence-electron chi connectivity index (χ4n) is 11.5. The Morgan fingerprint density at radius 2 is 0.266 bits per heavy atom. The van der Waals surface area contributed by atoms with Crippen molar-refractivity contribution >= 4 is 69.4 Å². The zero-order valence-corrected chi connectivity index (χ0v) is 91.7. The van der Waals surface area contributed by atoms with E-state index >= 15 is 0 Å². The lowest BCUT2D eigenvalue weighted by atomic mass is 10.1. The van der Waals surface area contributed by atoms with Crippen molar-refractivity contribution in [3.05, 3.63) is 0 Å². The summed E-state index contributed by atoms with van der Waals surface area (Å²) in [4.78, 5) is 124. The van der Waals surface area contributed by atoms with Crippen LogP contribution >= 0.6 is 0 Å². The Bertz CT molecular complexity index is 2130. The molecule has 0 aromatic heterocycles. The van der Waals surface area contributed by atoms with Gasteiger partial charge >= 0.3 is 0 Å². The minimum Gasteiger partial charge on any atom is -0.377 e. The quantitative estimate of drug-likeness (QED) is 0.0515. The van der Waals surface area contributed by atoms with E-state index in [9.17, 15) is 57.5 Å². The third-order valence-corrected chi connectivity index (χ3v) is 19.8. The minimum absolute atomic E-state index is 0.155. The first-order chi connectivity index (χ1) is 61.2. The number of ketones is 12. The van der Waals surface area contributed by atoms with Gasteiger partial charge in [0.15, 0.2) is 17.3 Å². The average molecular weight is 1830 g/mol. The van der Waals surface area contributed by atoms with Gasteiger partial charge in [-0.15, -0.1) is 0 Å². The molecule has 0 atom stereocenters. The van der Waals surface area contributed by atoms with Crippen molar-refractivity contribution < 1.29 is 71.7 Å². The van der Waals surface area contributed by atoms with E-state index in [1.165, 1.54) is 310 Å².